The molecule has 168 valence electrons. The fourth-order valence-electron chi connectivity index (χ4n) is 4.34. The van der Waals surface area contributed by atoms with Gasteiger partial charge >= 0.3 is 0 Å². The molecule has 4 rings (SSSR count). The van der Waals surface area contributed by atoms with E-state index < -0.39 is 0 Å². The first-order chi connectivity index (χ1) is 14.3. The first-order valence-electron chi connectivity index (χ1n) is 10.9. The molecule has 1 aliphatic heterocycles. The number of nitrogens with one attached hydrogen (secondary N) is 1. The Kier molecular flexibility index (Phi) is 7.17. The number of benzene rings is 1. The number of nitrogens with zero attached hydrogens (tertiary/aromatic N) is 1. The molecule has 1 amide bonds. The molecule has 1 fully saturated rings. The fraction of sp³-hybridized carbons (Fsp3) is 0.480. The summed E-state index contributed by atoms with van der Waals surface area (Å²) in [5.41, 5.74) is 4.02. The van der Waals surface area contributed by atoms with Gasteiger partial charge in [-0.25, -0.2) is 0 Å². The molecule has 0 radical (unpaired) electrons. The van der Waals surface area contributed by atoms with E-state index in [4.69, 9.17) is 8.83 Å². The van der Waals surface area contributed by atoms with Crippen LogP contribution in [0, 0.1) is 33.6 Å². The van der Waals surface area contributed by atoms with Crippen LogP contribution in [-0.4, -0.2) is 30.4 Å². The number of aryl methyl sites for hydroxylation is 4. The van der Waals surface area contributed by atoms with E-state index in [9.17, 15) is 4.79 Å². The molecule has 1 atom stereocenters. The molecule has 1 saturated heterocycles. The zero-order valence-electron chi connectivity index (χ0n) is 19.1. The Hall–Kier alpha value is -2.24. The largest absolute Gasteiger partial charge is 0.465 e. The number of furan rings is 2. The Morgan fingerprint density at radius 3 is 2.42 bits per heavy atom. The third-order valence-electron chi connectivity index (χ3n) is 6.56. The number of halogens is 1. The number of fused-ring (bicyclic) bond motifs is 1. The number of amides is 1. The lowest BCUT2D eigenvalue weighted by Gasteiger charge is -2.35. The van der Waals surface area contributed by atoms with E-state index in [2.05, 4.69) is 37.1 Å². The lowest BCUT2D eigenvalue weighted by molar-refractivity contribution is 0.0871. The van der Waals surface area contributed by atoms with Gasteiger partial charge in [-0.05, 0) is 94.9 Å². The third-order valence-corrected chi connectivity index (χ3v) is 6.56. The first kappa shape index (κ1) is 23.4. The molecular formula is C25H33ClN2O3. The first-order valence-corrected chi connectivity index (χ1v) is 10.9. The van der Waals surface area contributed by atoms with Gasteiger partial charge in [0.2, 0.25) is 0 Å². The highest BCUT2D eigenvalue weighted by Crippen LogP contribution is 2.30. The molecule has 1 unspecified atom stereocenters. The molecule has 1 aliphatic rings. The number of hydrogen-bond donors (Lipinski definition) is 1. The maximum Gasteiger partial charge on any atom is 0.287 e. The number of rotatable bonds is 5. The van der Waals surface area contributed by atoms with Crippen LogP contribution in [0.4, 0.5) is 0 Å². The molecule has 0 aliphatic carbocycles. The van der Waals surface area contributed by atoms with Gasteiger partial charge in [-0.1, -0.05) is 6.92 Å². The second-order valence-corrected chi connectivity index (χ2v) is 8.88. The van der Waals surface area contributed by atoms with E-state index in [-0.39, 0.29) is 24.4 Å². The van der Waals surface area contributed by atoms with Crippen LogP contribution < -0.4 is 5.32 Å². The second kappa shape index (κ2) is 9.49. The quantitative estimate of drug-likeness (QED) is 0.533. The molecule has 1 aromatic carbocycles. The van der Waals surface area contributed by atoms with Gasteiger partial charge < -0.3 is 14.2 Å². The Balaban J connectivity index is 0.00000272. The van der Waals surface area contributed by atoms with E-state index in [0.29, 0.717) is 12.3 Å². The molecule has 3 heterocycles. The summed E-state index contributed by atoms with van der Waals surface area (Å²) in [4.78, 5) is 15.5. The highest BCUT2D eigenvalue weighted by atomic mass is 35.5. The van der Waals surface area contributed by atoms with Gasteiger partial charge in [-0.3, -0.25) is 9.69 Å². The van der Waals surface area contributed by atoms with Gasteiger partial charge in [-0.2, -0.15) is 0 Å². The molecular weight excluding hydrogens is 412 g/mol. The van der Waals surface area contributed by atoms with Crippen LogP contribution in [0.5, 0.6) is 0 Å². The minimum absolute atomic E-state index is 0. The van der Waals surface area contributed by atoms with Crippen molar-refractivity contribution in [3.8, 4) is 0 Å². The Morgan fingerprint density at radius 1 is 1.10 bits per heavy atom. The zero-order chi connectivity index (χ0) is 21.4. The van der Waals surface area contributed by atoms with Crippen LogP contribution in [0.3, 0.4) is 0 Å². The van der Waals surface area contributed by atoms with Crippen molar-refractivity contribution in [2.45, 2.75) is 53.5 Å². The van der Waals surface area contributed by atoms with Crippen molar-refractivity contribution < 1.29 is 13.6 Å². The Morgan fingerprint density at radius 2 is 1.77 bits per heavy atom. The summed E-state index contributed by atoms with van der Waals surface area (Å²) < 4.78 is 11.9. The van der Waals surface area contributed by atoms with E-state index >= 15 is 0 Å². The fourth-order valence-corrected chi connectivity index (χ4v) is 4.34. The summed E-state index contributed by atoms with van der Waals surface area (Å²) >= 11 is 0. The summed E-state index contributed by atoms with van der Waals surface area (Å²) in [5, 5.41) is 4.12. The second-order valence-electron chi connectivity index (χ2n) is 8.88. The van der Waals surface area contributed by atoms with E-state index in [1.54, 1.807) is 0 Å². The monoisotopic (exact) mass is 444 g/mol. The van der Waals surface area contributed by atoms with Crippen molar-refractivity contribution in [2.75, 3.05) is 19.6 Å². The summed E-state index contributed by atoms with van der Waals surface area (Å²) in [6.45, 7) is 12.9. The predicted molar refractivity (Wildman–Crippen MR) is 126 cm³/mol. The standard InChI is InChI=1S/C25H32N2O3.ClH/c1-15-8-10-27(11-9-15)21(22-7-6-18(4)29-22)14-26-25(28)24-19(5)20-12-16(2)17(3)13-23(20)30-24;/h6-7,12-13,15,21H,8-11,14H2,1-5H3,(H,26,28);1H. The number of hydrogen-bond acceptors (Lipinski definition) is 4. The molecule has 1 N–H and O–H groups in total. The number of likely N-dealkylation sites (tertiary alicyclic amines) is 1. The van der Waals surface area contributed by atoms with Gasteiger partial charge in [0.1, 0.15) is 17.1 Å². The lowest BCUT2D eigenvalue weighted by Crippen LogP contribution is -2.41. The van der Waals surface area contributed by atoms with Gasteiger partial charge in [0.05, 0.1) is 6.04 Å². The summed E-state index contributed by atoms with van der Waals surface area (Å²) in [5.74, 6) is 2.79. The Bertz CT molecular complexity index is 1060. The predicted octanol–water partition coefficient (Wildman–Crippen LogP) is 5.88. The third kappa shape index (κ3) is 4.83. The van der Waals surface area contributed by atoms with Crippen LogP contribution in [0.15, 0.2) is 33.1 Å². The molecule has 31 heavy (non-hydrogen) atoms. The minimum Gasteiger partial charge on any atom is -0.465 e. The minimum atomic E-state index is -0.169. The smallest absolute Gasteiger partial charge is 0.287 e. The normalized spacial score (nSPS) is 16.3. The van der Waals surface area contributed by atoms with Gasteiger partial charge in [0, 0.05) is 17.5 Å². The molecule has 6 heteroatoms. The molecule has 2 aromatic heterocycles. The van der Waals surface area contributed by atoms with Crippen LogP contribution in [0.25, 0.3) is 11.0 Å². The SMILES string of the molecule is Cc1ccc(C(CNC(=O)c2oc3cc(C)c(C)cc3c2C)N2CCC(C)CC2)o1.Cl. The Labute approximate surface area is 190 Å². The molecule has 0 spiro atoms. The maximum atomic E-state index is 13.0. The van der Waals surface area contributed by atoms with Crippen molar-refractivity contribution in [3.05, 3.63) is 58.2 Å². The number of carbonyl (C=O) groups excluding carboxylic acids is 1. The van der Waals surface area contributed by atoms with Gasteiger partial charge in [0.15, 0.2) is 5.76 Å². The molecule has 3 aromatic rings. The van der Waals surface area contributed by atoms with E-state index in [1.807, 2.05) is 32.0 Å². The average Bonchev–Trinajstić information content (AvgIpc) is 3.27. The summed E-state index contributed by atoms with van der Waals surface area (Å²) in [6, 6.07) is 8.17. The van der Waals surface area contributed by atoms with Crippen molar-refractivity contribution in [3.63, 3.8) is 0 Å². The zero-order valence-corrected chi connectivity index (χ0v) is 19.9. The van der Waals surface area contributed by atoms with Gasteiger partial charge in [-0.15, -0.1) is 12.4 Å². The number of carbonyl (C=O) groups is 1. The van der Waals surface area contributed by atoms with Crippen LogP contribution in [-0.2, 0) is 0 Å². The molecule has 5 nitrogen and oxygen atoms in total. The molecule has 0 saturated carbocycles. The average molecular weight is 445 g/mol. The van der Waals surface area contributed by atoms with Crippen LogP contribution in [0.1, 0.15) is 64.6 Å². The van der Waals surface area contributed by atoms with Crippen LogP contribution >= 0.6 is 12.4 Å². The summed E-state index contributed by atoms with van der Waals surface area (Å²) in [7, 11) is 0. The van der Waals surface area contributed by atoms with Crippen LogP contribution in [0.2, 0.25) is 0 Å². The highest BCUT2D eigenvalue weighted by molar-refractivity contribution is 5.99. The van der Waals surface area contributed by atoms with Crippen molar-refractivity contribution in [2.24, 2.45) is 5.92 Å². The molecule has 0 bridgehead atoms. The van der Waals surface area contributed by atoms with Crippen molar-refractivity contribution >= 4 is 29.3 Å². The summed E-state index contributed by atoms with van der Waals surface area (Å²) in [6.07, 6.45) is 2.34. The van der Waals surface area contributed by atoms with Crippen molar-refractivity contribution in [1.82, 2.24) is 10.2 Å². The highest BCUT2D eigenvalue weighted by Gasteiger charge is 2.28. The van der Waals surface area contributed by atoms with E-state index in [1.165, 1.54) is 18.4 Å². The van der Waals surface area contributed by atoms with E-state index in [0.717, 1.165) is 52.6 Å². The lowest BCUT2D eigenvalue weighted by atomic mass is 9.97. The van der Waals surface area contributed by atoms with Crippen molar-refractivity contribution in [1.29, 1.82) is 0 Å². The topological polar surface area (TPSA) is 58.6 Å². The number of piperidine rings is 1. The van der Waals surface area contributed by atoms with Gasteiger partial charge in [0.25, 0.3) is 5.91 Å². The maximum absolute atomic E-state index is 13.0.